The van der Waals surface area contributed by atoms with E-state index in [4.69, 9.17) is 11.6 Å². The summed E-state index contributed by atoms with van der Waals surface area (Å²) in [5, 5.41) is 11.5. The highest BCUT2D eigenvalue weighted by Crippen LogP contribution is 2.16. The number of rotatable bonds is 3. The van der Waals surface area contributed by atoms with Gasteiger partial charge in [-0.1, -0.05) is 11.6 Å². The number of aromatic nitrogens is 2. The molecule has 1 saturated heterocycles. The maximum atomic E-state index is 5.67. The molecule has 16 heavy (non-hydrogen) atoms. The van der Waals surface area contributed by atoms with Crippen LogP contribution in [0.2, 0.25) is 5.15 Å². The van der Waals surface area contributed by atoms with Crippen LogP contribution in [0, 0.1) is 5.92 Å². The Morgan fingerprint density at radius 2 is 2.12 bits per heavy atom. The lowest BCUT2D eigenvalue weighted by atomic mass is 9.97. The molecule has 1 fully saturated rings. The van der Waals surface area contributed by atoms with Gasteiger partial charge in [0.25, 0.3) is 0 Å². The lowest BCUT2D eigenvalue weighted by Gasteiger charge is -2.28. The fourth-order valence-electron chi connectivity index (χ4n) is 1.93. The standard InChI is InChI=1S/C11H17ClN4/c1-16-6-4-9(5-7-16)8-13-11-3-2-10(12)14-15-11/h2-3,9H,4-8H2,1H3,(H,13,15). The van der Waals surface area contributed by atoms with Crippen molar-refractivity contribution in [3.05, 3.63) is 17.3 Å². The van der Waals surface area contributed by atoms with Gasteiger partial charge in [-0.2, -0.15) is 0 Å². The summed E-state index contributed by atoms with van der Waals surface area (Å²) >= 11 is 5.67. The van der Waals surface area contributed by atoms with Crippen molar-refractivity contribution in [3.63, 3.8) is 0 Å². The quantitative estimate of drug-likeness (QED) is 0.876. The van der Waals surface area contributed by atoms with Crippen molar-refractivity contribution in [1.29, 1.82) is 0 Å². The highest BCUT2D eigenvalue weighted by Gasteiger charge is 2.16. The van der Waals surface area contributed by atoms with Crippen LogP contribution in [-0.2, 0) is 0 Å². The molecule has 0 aliphatic carbocycles. The van der Waals surface area contributed by atoms with Crippen molar-refractivity contribution in [3.8, 4) is 0 Å². The normalized spacial score (nSPS) is 18.6. The average Bonchev–Trinajstić information content (AvgIpc) is 2.30. The fourth-order valence-corrected chi connectivity index (χ4v) is 2.03. The molecule has 0 saturated carbocycles. The van der Waals surface area contributed by atoms with E-state index in [0.717, 1.165) is 18.3 Å². The Labute approximate surface area is 101 Å². The van der Waals surface area contributed by atoms with E-state index in [1.807, 2.05) is 6.07 Å². The third-order valence-corrected chi connectivity index (χ3v) is 3.24. The average molecular weight is 241 g/mol. The van der Waals surface area contributed by atoms with E-state index in [0.29, 0.717) is 5.15 Å². The number of likely N-dealkylation sites (tertiary alicyclic amines) is 1. The van der Waals surface area contributed by atoms with E-state index in [1.165, 1.54) is 25.9 Å². The molecule has 0 aromatic carbocycles. The van der Waals surface area contributed by atoms with Gasteiger partial charge in [0.15, 0.2) is 5.15 Å². The summed E-state index contributed by atoms with van der Waals surface area (Å²) in [5.74, 6) is 1.55. The third-order valence-electron chi connectivity index (χ3n) is 3.04. The van der Waals surface area contributed by atoms with E-state index >= 15 is 0 Å². The van der Waals surface area contributed by atoms with Crippen LogP contribution >= 0.6 is 11.6 Å². The molecule has 2 heterocycles. The summed E-state index contributed by atoms with van der Waals surface area (Å²) in [4.78, 5) is 2.37. The van der Waals surface area contributed by atoms with Crippen LogP contribution < -0.4 is 5.32 Å². The van der Waals surface area contributed by atoms with Crippen LogP contribution in [-0.4, -0.2) is 41.8 Å². The lowest BCUT2D eigenvalue weighted by Crippen LogP contribution is -2.33. The smallest absolute Gasteiger partial charge is 0.151 e. The second-order valence-corrected chi connectivity index (χ2v) is 4.76. The summed E-state index contributed by atoms with van der Waals surface area (Å²) < 4.78 is 0. The zero-order valence-corrected chi connectivity index (χ0v) is 10.2. The van der Waals surface area contributed by atoms with E-state index in [1.54, 1.807) is 6.07 Å². The van der Waals surface area contributed by atoms with Crippen molar-refractivity contribution in [2.24, 2.45) is 5.92 Å². The SMILES string of the molecule is CN1CCC(CNc2ccc(Cl)nn2)CC1. The molecule has 1 aliphatic rings. The Morgan fingerprint density at radius 3 is 2.75 bits per heavy atom. The molecular formula is C11H17ClN4. The number of halogens is 1. The van der Waals surface area contributed by atoms with E-state index in [9.17, 15) is 0 Å². The molecule has 88 valence electrons. The molecule has 0 atom stereocenters. The molecule has 0 bridgehead atoms. The van der Waals surface area contributed by atoms with Crippen LogP contribution in [0.3, 0.4) is 0 Å². The molecule has 1 aromatic heterocycles. The van der Waals surface area contributed by atoms with Crippen LogP contribution in [0.15, 0.2) is 12.1 Å². The monoisotopic (exact) mass is 240 g/mol. The predicted molar refractivity (Wildman–Crippen MR) is 65.8 cm³/mol. The zero-order valence-electron chi connectivity index (χ0n) is 9.49. The van der Waals surface area contributed by atoms with Gasteiger partial charge in [0.05, 0.1) is 0 Å². The lowest BCUT2D eigenvalue weighted by molar-refractivity contribution is 0.226. The minimum atomic E-state index is 0.435. The summed E-state index contributed by atoms with van der Waals surface area (Å²) in [6, 6.07) is 3.62. The number of hydrogen-bond donors (Lipinski definition) is 1. The maximum absolute atomic E-state index is 5.67. The van der Waals surface area contributed by atoms with Crippen molar-refractivity contribution in [2.75, 3.05) is 32.0 Å². The molecule has 1 aromatic rings. The molecule has 5 heteroatoms. The van der Waals surface area contributed by atoms with E-state index < -0.39 is 0 Å². The number of anilines is 1. The van der Waals surface area contributed by atoms with Gasteiger partial charge in [-0.3, -0.25) is 0 Å². The fraction of sp³-hybridized carbons (Fsp3) is 0.636. The number of hydrogen-bond acceptors (Lipinski definition) is 4. The Bertz CT molecular complexity index is 319. The molecule has 0 radical (unpaired) electrons. The Balaban J connectivity index is 1.77. The highest BCUT2D eigenvalue weighted by atomic mass is 35.5. The summed E-state index contributed by atoms with van der Waals surface area (Å²) in [6.07, 6.45) is 2.51. The number of piperidine rings is 1. The first-order valence-corrected chi connectivity index (χ1v) is 6.03. The van der Waals surface area contributed by atoms with Crippen molar-refractivity contribution in [1.82, 2.24) is 15.1 Å². The molecule has 4 nitrogen and oxygen atoms in total. The topological polar surface area (TPSA) is 41.0 Å². The molecule has 2 rings (SSSR count). The molecular weight excluding hydrogens is 224 g/mol. The zero-order chi connectivity index (χ0) is 11.4. The van der Waals surface area contributed by atoms with Gasteiger partial charge in [0.2, 0.25) is 0 Å². The third kappa shape index (κ3) is 3.32. The summed E-state index contributed by atoms with van der Waals surface area (Å²) in [6.45, 7) is 3.36. The van der Waals surface area contributed by atoms with E-state index in [2.05, 4.69) is 27.5 Å². The molecule has 0 unspecified atom stereocenters. The first-order valence-electron chi connectivity index (χ1n) is 5.65. The number of nitrogens with zero attached hydrogens (tertiary/aromatic N) is 3. The molecule has 0 spiro atoms. The minimum absolute atomic E-state index is 0.435. The molecule has 0 amide bonds. The van der Waals surface area contributed by atoms with Crippen LogP contribution in [0.1, 0.15) is 12.8 Å². The summed E-state index contributed by atoms with van der Waals surface area (Å²) in [5.41, 5.74) is 0. The largest absolute Gasteiger partial charge is 0.368 e. The van der Waals surface area contributed by atoms with Gasteiger partial charge >= 0.3 is 0 Å². The number of nitrogens with one attached hydrogen (secondary N) is 1. The second-order valence-electron chi connectivity index (χ2n) is 4.37. The van der Waals surface area contributed by atoms with Crippen LogP contribution in [0.4, 0.5) is 5.82 Å². The summed E-state index contributed by atoms with van der Waals surface area (Å²) in [7, 11) is 2.17. The van der Waals surface area contributed by atoms with Gasteiger partial charge in [0, 0.05) is 6.54 Å². The first kappa shape index (κ1) is 11.6. The van der Waals surface area contributed by atoms with Gasteiger partial charge in [0.1, 0.15) is 5.82 Å². The van der Waals surface area contributed by atoms with Gasteiger partial charge in [-0.25, -0.2) is 0 Å². The van der Waals surface area contributed by atoms with Crippen molar-refractivity contribution in [2.45, 2.75) is 12.8 Å². The van der Waals surface area contributed by atoms with Gasteiger partial charge in [-0.15, -0.1) is 10.2 Å². The highest BCUT2D eigenvalue weighted by molar-refractivity contribution is 6.29. The van der Waals surface area contributed by atoms with Crippen molar-refractivity contribution < 1.29 is 0 Å². The van der Waals surface area contributed by atoms with Crippen molar-refractivity contribution >= 4 is 17.4 Å². The first-order chi connectivity index (χ1) is 7.74. The minimum Gasteiger partial charge on any atom is -0.368 e. The molecule has 1 N–H and O–H groups in total. The Hall–Kier alpha value is -0.870. The second kappa shape index (κ2) is 5.46. The Kier molecular flexibility index (Phi) is 3.96. The van der Waals surface area contributed by atoms with Crippen LogP contribution in [0.25, 0.3) is 0 Å². The van der Waals surface area contributed by atoms with Gasteiger partial charge < -0.3 is 10.2 Å². The van der Waals surface area contributed by atoms with Gasteiger partial charge in [-0.05, 0) is 51.0 Å². The van der Waals surface area contributed by atoms with Crippen LogP contribution in [0.5, 0.6) is 0 Å². The predicted octanol–water partition coefficient (Wildman–Crippen LogP) is 1.88. The molecule has 1 aliphatic heterocycles. The maximum Gasteiger partial charge on any atom is 0.151 e. The van der Waals surface area contributed by atoms with E-state index in [-0.39, 0.29) is 0 Å². The Morgan fingerprint density at radius 1 is 1.38 bits per heavy atom.